The molecule has 25 heavy (non-hydrogen) atoms. The van der Waals surface area contributed by atoms with Crippen molar-refractivity contribution in [1.29, 1.82) is 10.5 Å². The molecular weight excluding hydrogens is 344 g/mol. The van der Waals surface area contributed by atoms with E-state index in [1.165, 1.54) is 19.2 Å². The topological polar surface area (TPSA) is 125 Å². The third-order valence-electron chi connectivity index (χ3n) is 3.33. The first-order valence-corrected chi connectivity index (χ1v) is 7.33. The molecule has 8 heteroatoms. The summed E-state index contributed by atoms with van der Waals surface area (Å²) in [6.45, 7) is 3.77. The van der Waals surface area contributed by atoms with E-state index in [1.807, 2.05) is 6.07 Å². The summed E-state index contributed by atoms with van der Waals surface area (Å²) in [6.07, 6.45) is 1.54. The van der Waals surface area contributed by atoms with Gasteiger partial charge < -0.3 is 20.2 Å². The molecule has 0 saturated heterocycles. The second-order valence-electron chi connectivity index (χ2n) is 4.81. The molecule has 126 valence electrons. The molecule has 7 nitrogen and oxygen atoms in total. The van der Waals surface area contributed by atoms with Crippen molar-refractivity contribution < 1.29 is 9.47 Å². The predicted octanol–water partition coefficient (Wildman–Crippen LogP) is 2.59. The zero-order chi connectivity index (χ0) is 18.6. The minimum atomic E-state index is -0.698. The number of halogens is 1. The number of H-pyrrole nitrogens is 1. The number of anilines is 1. The van der Waals surface area contributed by atoms with Crippen LogP contribution < -0.4 is 20.8 Å². The van der Waals surface area contributed by atoms with Crippen molar-refractivity contribution in [1.82, 2.24) is 4.98 Å². The van der Waals surface area contributed by atoms with Gasteiger partial charge in [-0.15, -0.1) is 0 Å². The van der Waals surface area contributed by atoms with Crippen LogP contribution in [0.1, 0.15) is 11.1 Å². The lowest BCUT2D eigenvalue weighted by atomic mass is 9.96. The number of nitrogens with two attached hydrogens (primary N) is 1. The van der Waals surface area contributed by atoms with Crippen LogP contribution in [0.25, 0.3) is 11.1 Å². The molecule has 0 aliphatic heterocycles. The van der Waals surface area contributed by atoms with Crippen LogP contribution in [0.15, 0.2) is 29.6 Å². The van der Waals surface area contributed by atoms with Crippen molar-refractivity contribution in [2.75, 3.05) is 19.5 Å². The summed E-state index contributed by atoms with van der Waals surface area (Å²) in [7, 11) is 1.42. The molecule has 2 rings (SSSR count). The first kappa shape index (κ1) is 17.9. The predicted molar refractivity (Wildman–Crippen MR) is 93.6 cm³/mol. The molecule has 1 aromatic carbocycles. The van der Waals surface area contributed by atoms with Crippen LogP contribution >= 0.6 is 11.6 Å². The second kappa shape index (κ2) is 7.43. The lowest BCUT2D eigenvalue weighted by Crippen LogP contribution is -2.16. The number of hydrogen-bond acceptors (Lipinski definition) is 6. The van der Waals surface area contributed by atoms with E-state index in [2.05, 4.69) is 11.6 Å². The van der Waals surface area contributed by atoms with Crippen molar-refractivity contribution in [3.63, 3.8) is 0 Å². The number of hydrogen-bond donors (Lipinski definition) is 2. The fourth-order valence-electron chi connectivity index (χ4n) is 2.28. The zero-order valence-electron chi connectivity index (χ0n) is 13.2. The van der Waals surface area contributed by atoms with Crippen LogP contribution in [0.4, 0.5) is 5.82 Å². The Morgan fingerprint density at radius 1 is 1.36 bits per heavy atom. The quantitative estimate of drug-likeness (QED) is 0.793. The summed E-state index contributed by atoms with van der Waals surface area (Å²) in [6, 6.07) is 6.67. The summed E-state index contributed by atoms with van der Waals surface area (Å²) in [5, 5.41) is 18.9. The van der Waals surface area contributed by atoms with Gasteiger partial charge in [0, 0.05) is 5.56 Å². The highest BCUT2D eigenvalue weighted by molar-refractivity contribution is 6.32. The van der Waals surface area contributed by atoms with Crippen LogP contribution in [0.3, 0.4) is 0 Å². The molecule has 0 amide bonds. The average molecular weight is 357 g/mol. The molecule has 0 unspecified atom stereocenters. The van der Waals surface area contributed by atoms with Gasteiger partial charge in [0.15, 0.2) is 11.5 Å². The van der Waals surface area contributed by atoms with E-state index in [4.69, 9.17) is 26.8 Å². The van der Waals surface area contributed by atoms with Crippen molar-refractivity contribution in [2.24, 2.45) is 0 Å². The molecule has 0 aliphatic rings. The minimum absolute atomic E-state index is 0.0333. The van der Waals surface area contributed by atoms with Crippen LogP contribution in [-0.4, -0.2) is 18.7 Å². The van der Waals surface area contributed by atoms with Gasteiger partial charge in [-0.3, -0.25) is 4.79 Å². The molecular formula is C17H13ClN4O3. The van der Waals surface area contributed by atoms with Gasteiger partial charge in [0.1, 0.15) is 35.7 Å². The average Bonchev–Trinajstić information content (AvgIpc) is 2.59. The van der Waals surface area contributed by atoms with Gasteiger partial charge in [-0.1, -0.05) is 24.3 Å². The van der Waals surface area contributed by atoms with Gasteiger partial charge in [-0.25, -0.2) is 0 Å². The minimum Gasteiger partial charge on any atom is -0.493 e. The van der Waals surface area contributed by atoms with Crippen LogP contribution in [0.2, 0.25) is 5.02 Å². The Balaban J connectivity index is 2.82. The normalized spacial score (nSPS) is 9.76. The van der Waals surface area contributed by atoms with Gasteiger partial charge in [0.25, 0.3) is 5.56 Å². The van der Waals surface area contributed by atoms with Crippen molar-refractivity contribution in [3.8, 4) is 34.8 Å². The number of aromatic nitrogens is 1. The molecule has 0 fully saturated rings. The maximum Gasteiger partial charge on any atom is 0.268 e. The first-order valence-electron chi connectivity index (χ1n) is 6.96. The number of nitriles is 2. The maximum absolute atomic E-state index is 12.0. The molecule has 0 bridgehead atoms. The second-order valence-corrected chi connectivity index (χ2v) is 5.21. The molecule has 3 N–H and O–H groups in total. The summed E-state index contributed by atoms with van der Waals surface area (Å²) in [4.78, 5) is 14.3. The molecule has 1 aromatic heterocycles. The molecule has 0 radical (unpaired) electrons. The summed E-state index contributed by atoms with van der Waals surface area (Å²) in [5.74, 6) is 0.419. The lowest BCUT2D eigenvalue weighted by Gasteiger charge is -2.15. The molecule has 0 saturated carbocycles. The van der Waals surface area contributed by atoms with E-state index >= 15 is 0 Å². The summed E-state index contributed by atoms with van der Waals surface area (Å²) < 4.78 is 10.7. The molecule has 1 heterocycles. The monoisotopic (exact) mass is 356 g/mol. The number of aromatic amines is 1. The number of nitrogens with one attached hydrogen (secondary N) is 1. The summed E-state index contributed by atoms with van der Waals surface area (Å²) in [5.41, 5.74) is 5.15. The van der Waals surface area contributed by atoms with E-state index in [9.17, 15) is 15.3 Å². The SMILES string of the molecule is C=CCOc1c(Cl)cc(-c2c(C#N)c(N)[nH]c(=O)c2C#N)cc1OC. The zero-order valence-corrected chi connectivity index (χ0v) is 14.0. The number of rotatable bonds is 5. The van der Waals surface area contributed by atoms with Gasteiger partial charge in [0.2, 0.25) is 0 Å². The largest absolute Gasteiger partial charge is 0.493 e. The van der Waals surface area contributed by atoms with E-state index in [-0.39, 0.29) is 45.6 Å². The van der Waals surface area contributed by atoms with E-state index in [0.29, 0.717) is 5.56 Å². The van der Waals surface area contributed by atoms with Crippen LogP contribution in [-0.2, 0) is 0 Å². The third-order valence-corrected chi connectivity index (χ3v) is 3.61. The Morgan fingerprint density at radius 2 is 2.04 bits per heavy atom. The van der Waals surface area contributed by atoms with Gasteiger partial charge in [-0.2, -0.15) is 10.5 Å². The number of nitrogen functional groups attached to an aromatic ring is 1. The van der Waals surface area contributed by atoms with E-state index in [0.717, 1.165) is 0 Å². The maximum atomic E-state index is 12.0. The van der Waals surface area contributed by atoms with Gasteiger partial charge in [-0.05, 0) is 17.7 Å². The molecule has 0 spiro atoms. The smallest absolute Gasteiger partial charge is 0.268 e. The number of ether oxygens (including phenoxy) is 2. The van der Waals surface area contributed by atoms with Gasteiger partial charge >= 0.3 is 0 Å². The fourth-order valence-corrected chi connectivity index (χ4v) is 2.54. The standard InChI is InChI=1S/C17H13ClN4O3/c1-3-4-25-15-12(18)5-9(6-13(15)24-2)14-10(7-19)16(21)22-17(23)11(14)8-20/h3,5-6H,1,4H2,2H3,(H3,21,22,23). The van der Waals surface area contributed by atoms with Crippen LogP contribution in [0, 0.1) is 22.7 Å². The number of nitrogens with zero attached hydrogens (tertiary/aromatic N) is 2. The Labute approximate surface area is 148 Å². The molecule has 0 aliphatic carbocycles. The van der Waals surface area contributed by atoms with Gasteiger partial charge in [0.05, 0.1) is 12.1 Å². The van der Waals surface area contributed by atoms with E-state index < -0.39 is 5.56 Å². The number of pyridine rings is 1. The number of methoxy groups -OCH3 is 1. The number of benzene rings is 1. The van der Waals surface area contributed by atoms with Crippen molar-refractivity contribution in [2.45, 2.75) is 0 Å². The highest BCUT2D eigenvalue weighted by Crippen LogP contribution is 2.41. The van der Waals surface area contributed by atoms with Crippen LogP contribution in [0.5, 0.6) is 11.5 Å². The fraction of sp³-hybridized carbons (Fsp3) is 0.118. The third kappa shape index (κ3) is 3.27. The Hall–Kier alpha value is -3.42. The Bertz CT molecular complexity index is 983. The Morgan fingerprint density at radius 3 is 2.60 bits per heavy atom. The highest BCUT2D eigenvalue weighted by Gasteiger charge is 2.21. The first-order chi connectivity index (χ1) is 12.0. The Kier molecular flexibility index (Phi) is 5.33. The molecule has 2 aromatic rings. The van der Waals surface area contributed by atoms with Crippen molar-refractivity contribution in [3.05, 3.63) is 51.3 Å². The van der Waals surface area contributed by atoms with E-state index in [1.54, 1.807) is 12.1 Å². The lowest BCUT2D eigenvalue weighted by molar-refractivity contribution is 0.327. The van der Waals surface area contributed by atoms with Crippen molar-refractivity contribution >= 4 is 17.4 Å². The highest BCUT2D eigenvalue weighted by atomic mass is 35.5. The summed E-state index contributed by atoms with van der Waals surface area (Å²) >= 11 is 6.25. The molecule has 0 atom stereocenters.